The van der Waals surface area contributed by atoms with E-state index in [0.29, 0.717) is 5.56 Å². The first-order chi connectivity index (χ1) is 8.79. The van der Waals surface area contributed by atoms with E-state index in [-0.39, 0.29) is 6.54 Å². The smallest absolute Gasteiger partial charge is 0.377 e. The molecule has 0 bridgehead atoms. The molecule has 0 aromatic carbocycles. The molecule has 0 saturated carbocycles. The summed E-state index contributed by atoms with van der Waals surface area (Å²) >= 11 is 0. The number of rotatable bonds is 5. The highest BCUT2D eigenvalue weighted by Gasteiger charge is 2.32. The van der Waals surface area contributed by atoms with Gasteiger partial charge in [0.15, 0.2) is 0 Å². The number of halogens is 3. The van der Waals surface area contributed by atoms with Gasteiger partial charge in [0.2, 0.25) is 0 Å². The molecule has 1 heterocycles. The van der Waals surface area contributed by atoms with Crippen molar-refractivity contribution in [3.8, 4) is 0 Å². The van der Waals surface area contributed by atoms with Crippen molar-refractivity contribution in [2.75, 3.05) is 0 Å². The molecule has 0 fully saturated rings. The standard InChI is InChI=1S/C10H11F3N4O2/c11-10(12,13)4-8(9(14)17(18)19)16-6-7-2-1-3-15-5-7/h1-3,5,16H,4,6,14H2. The van der Waals surface area contributed by atoms with Gasteiger partial charge < -0.3 is 15.4 Å². The summed E-state index contributed by atoms with van der Waals surface area (Å²) in [6, 6.07) is 3.22. The molecule has 0 atom stereocenters. The predicted molar refractivity (Wildman–Crippen MR) is 60.0 cm³/mol. The van der Waals surface area contributed by atoms with Crippen LogP contribution in [0, 0.1) is 10.1 Å². The molecule has 9 heteroatoms. The van der Waals surface area contributed by atoms with Gasteiger partial charge in [-0.3, -0.25) is 10.7 Å². The first kappa shape index (κ1) is 14.7. The largest absolute Gasteiger partial charge is 0.394 e. The normalized spacial score (nSPS) is 12.8. The molecule has 3 N–H and O–H groups in total. The number of pyridine rings is 1. The molecule has 0 aliphatic heterocycles. The van der Waals surface area contributed by atoms with Crippen LogP contribution in [-0.2, 0) is 6.54 Å². The zero-order chi connectivity index (χ0) is 14.5. The van der Waals surface area contributed by atoms with E-state index in [4.69, 9.17) is 5.73 Å². The Bertz CT molecular complexity index is 473. The van der Waals surface area contributed by atoms with E-state index in [1.54, 1.807) is 12.1 Å². The fraction of sp³-hybridized carbons (Fsp3) is 0.300. The van der Waals surface area contributed by atoms with E-state index in [2.05, 4.69) is 10.3 Å². The van der Waals surface area contributed by atoms with Crippen molar-refractivity contribution in [3.63, 3.8) is 0 Å². The number of nitrogens with zero attached hydrogens (tertiary/aromatic N) is 2. The zero-order valence-corrected chi connectivity index (χ0v) is 9.65. The van der Waals surface area contributed by atoms with Gasteiger partial charge in [-0.1, -0.05) is 6.07 Å². The number of hydrogen-bond donors (Lipinski definition) is 2. The van der Waals surface area contributed by atoms with Crippen molar-refractivity contribution >= 4 is 0 Å². The highest BCUT2D eigenvalue weighted by molar-refractivity contribution is 5.12. The Hall–Kier alpha value is -2.32. The minimum Gasteiger partial charge on any atom is -0.377 e. The molecule has 1 aromatic heterocycles. The third-order valence-corrected chi connectivity index (χ3v) is 2.11. The van der Waals surface area contributed by atoms with E-state index >= 15 is 0 Å². The summed E-state index contributed by atoms with van der Waals surface area (Å²) in [6.45, 7) is -0.0339. The second kappa shape index (κ2) is 6.03. The van der Waals surface area contributed by atoms with Crippen molar-refractivity contribution < 1.29 is 18.1 Å². The second-order valence-electron chi connectivity index (χ2n) is 3.63. The Morgan fingerprint density at radius 2 is 2.21 bits per heavy atom. The van der Waals surface area contributed by atoms with Gasteiger partial charge >= 0.3 is 12.0 Å². The molecule has 0 radical (unpaired) electrons. The fourth-order valence-electron chi connectivity index (χ4n) is 1.27. The number of alkyl halides is 3. The van der Waals surface area contributed by atoms with Gasteiger partial charge in [0.25, 0.3) is 0 Å². The summed E-state index contributed by atoms with van der Waals surface area (Å²) < 4.78 is 36.9. The molecular weight excluding hydrogens is 265 g/mol. The van der Waals surface area contributed by atoms with E-state index in [1.807, 2.05) is 0 Å². The summed E-state index contributed by atoms with van der Waals surface area (Å²) in [5.41, 5.74) is 4.95. The Morgan fingerprint density at radius 1 is 1.53 bits per heavy atom. The summed E-state index contributed by atoms with van der Waals surface area (Å²) in [7, 11) is 0. The molecule has 0 amide bonds. The topological polar surface area (TPSA) is 94.1 Å². The van der Waals surface area contributed by atoms with Gasteiger partial charge in [0.1, 0.15) is 5.70 Å². The molecule has 1 rings (SSSR count). The molecule has 19 heavy (non-hydrogen) atoms. The van der Waals surface area contributed by atoms with Gasteiger partial charge in [-0.2, -0.15) is 13.2 Å². The van der Waals surface area contributed by atoms with Crippen LogP contribution in [0.25, 0.3) is 0 Å². The molecule has 0 saturated heterocycles. The highest BCUT2D eigenvalue weighted by atomic mass is 19.4. The van der Waals surface area contributed by atoms with Crippen molar-refractivity contribution in [2.45, 2.75) is 19.1 Å². The Balaban J connectivity index is 2.82. The summed E-state index contributed by atoms with van der Waals surface area (Å²) in [6.07, 6.45) is -3.14. The van der Waals surface area contributed by atoms with Crippen LogP contribution in [0.15, 0.2) is 36.0 Å². The number of nitrogens with one attached hydrogen (secondary N) is 1. The number of aromatic nitrogens is 1. The monoisotopic (exact) mass is 276 g/mol. The van der Waals surface area contributed by atoms with Gasteiger partial charge in [0, 0.05) is 18.9 Å². The lowest BCUT2D eigenvalue weighted by Crippen LogP contribution is -2.26. The number of allylic oxidation sites excluding steroid dienone is 1. The molecule has 0 aliphatic rings. The van der Waals surface area contributed by atoms with Gasteiger partial charge in [-0.15, -0.1) is 0 Å². The van der Waals surface area contributed by atoms with Gasteiger partial charge in [-0.25, -0.2) is 0 Å². The van der Waals surface area contributed by atoms with Gasteiger partial charge in [0.05, 0.1) is 6.42 Å². The van der Waals surface area contributed by atoms with Crippen LogP contribution in [-0.4, -0.2) is 16.1 Å². The Morgan fingerprint density at radius 3 is 2.68 bits per heavy atom. The maximum atomic E-state index is 12.3. The van der Waals surface area contributed by atoms with E-state index < -0.39 is 29.0 Å². The molecule has 6 nitrogen and oxygen atoms in total. The maximum Gasteiger partial charge on any atom is 0.394 e. The Kier molecular flexibility index (Phi) is 4.67. The SMILES string of the molecule is NC(=C(CC(F)(F)F)NCc1cccnc1)[N+](=O)[O-]. The molecule has 0 aliphatic carbocycles. The van der Waals surface area contributed by atoms with Crippen LogP contribution >= 0.6 is 0 Å². The third-order valence-electron chi connectivity index (χ3n) is 2.11. The second-order valence-corrected chi connectivity index (χ2v) is 3.63. The van der Waals surface area contributed by atoms with Crippen molar-refractivity contribution in [3.05, 3.63) is 51.7 Å². The minimum absolute atomic E-state index is 0.0339. The molecular formula is C10H11F3N4O2. The molecule has 0 spiro atoms. The highest BCUT2D eigenvalue weighted by Crippen LogP contribution is 2.24. The van der Waals surface area contributed by atoms with Crippen LogP contribution in [0.4, 0.5) is 13.2 Å². The lowest BCUT2D eigenvalue weighted by molar-refractivity contribution is -0.428. The minimum atomic E-state index is -4.59. The zero-order valence-electron chi connectivity index (χ0n) is 9.65. The maximum absolute atomic E-state index is 12.3. The van der Waals surface area contributed by atoms with Crippen molar-refractivity contribution in [2.24, 2.45) is 5.73 Å². The lowest BCUT2D eigenvalue weighted by Gasteiger charge is -2.13. The number of hydrogen-bond acceptors (Lipinski definition) is 5. The van der Waals surface area contributed by atoms with E-state index in [9.17, 15) is 23.3 Å². The van der Waals surface area contributed by atoms with Gasteiger partial charge in [-0.05, 0) is 16.6 Å². The number of nitro groups is 1. The Labute approximate surface area is 106 Å². The van der Waals surface area contributed by atoms with Crippen LogP contribution < -0.4 is 11.1 Å². The van der Waals surface area contributed by atoms with E-state index in [1.165, 1.54) is 12.4 Å². The number of nitrogens with two attached hydrogens (primary N) is 1. The van der Waals surface area contributed by atoms with E-state index in [0.717, 1.165) is 0 Å². The van der Waals surface area contributed by atoms with Crippen molar-refractivity contribution in [1.29, 1.82) is 0 Å². The average molecular weight is 276 g/mol. The molecule has 104 valence electrons. The van der Waals surface area contributed by atoms with Crippen LogP contribution in [0.1, 0.15) is 12.0 Å². The van der Waals surface area contributed by atoms with Crippen molar-refractivity contribution in [1.82, 2.24) is 10.3 Å². The molecule has 1 aromatic rings. The quantitative estimate of drug-likeness (QED) is 0.628. The summed E-state index contributed by atoms with van der Waals surface area (Å²) in [4.78, 5) is 13.2. The molecule has 0 unspecified atom stereocenters. The fourth-order valence-corrected chi connectivity index (χ4v) is 1.27. The predicted octanol–water partition coefficient (Wildman–Crippen LogP) is 1.53. The first-order valence-electron chi connectivity index (χ1n) is 5.12. The third kappa shape index (κ3) is 5.23. The summed E-state index contributed by atoms with van der Waals surface area (Å²) in [5, 5.41) is 12.8. The van der Waals surface area contributed by atoms with Crippen LogP contribution in [0.3, 0.4) is 0 Å². The lowest BCUT2D eigenvalue weighted by atomic mass is 10.2. The van der Waals surface area contributed by atoms with Crippen LogP contribution in [0.2, 0.25) is 0 Å². The first-order valence-corrected chi connectivity index (χ1v) is 5.12. The average Bonchev–Trinajstić information content (AvgIpc) is 2.33. The van der Waals surface area contributed by atoms with Crippen LogP contribution in [0.5, 0.6) is 0 Å². The summed E-state index contributed by atoms with van der Waals surface area (Å²) in [5.74, 6) is -1.04.